The minimum atomic E-state index is -1.03. The summed E-state index contributed by atoms with van der Waals surface area (Å²) in [6.07, 6.45) is -1.64. The van der Waals surface area contributed by atoms with Crippen LogP contribution in [0.2, 0.25) is 0 Å². The Morgan fingerprint density at radius 3 is 2.53 bits per heavy atom. The summed E-state index contributed by atoms with van der Waals surface area (Å²) in [5, 5.41) is 4.55. The van der Waals surface area contributed by atoms with Crippen LogP contribution in [-0.4, -0.2) is 43.5 Å². The molecule has 30 heavy (non-hydrogen) atoms. The quantitative estimate of drug-likeness (QED) is 0.727. The largest absolute Gasteiger partial charge is 0.482 e. The first-order chi connectivity index (χ1) is 14.5. The highest BCUT2D eigenvalue weighted by atomic mass is 16.7. The molecule has 2 heterocycles. The van der Waals surface area contributed by atoms with Crippen LogP contribution < -0.4 is 29.6 Å². The Hall–Kier alpha value is -3.95. The fraction of sp³-hybridized carbons (Fsp3) is 0.250. The topological polar surface area (TPSA) is 121 Å². The minimum absolute atomic E-state index is 0.106. The van der Waals surface area contributed by atoms with Crippen LogP contribution in [0.5, 0.6) is 23.0 Å². The van der Waals surface area contributed by atoms with Gasteiger partial charge in [-0.05, 0) is 31.2 Å². The van der Waals surface area contributed by atoms with Gasteiger partial charge in [0.05, 0.1) is 0 Å². The number of benzene rings is 2. The molecule has 4 rings (SSSR count). The average molecular weight is 414 g/mol. The van der Waals surface area contributed by atoms with Crippen molar-refractivity contribution in [2.45, 2.75) is 19.1 Å². The van der Waals surface area contributed by atoms with Gasteiger partial charge in [-0.25, -0.2) is 9.59 Å². The lowest BCUT2D eigenvalue weighted by Gasteiger charge is -2.30. The molecule has 2 aromatic carbocycles. The van der Waals surface area contributed by atoms with Gasteiger partial charge >= 0.3 is 12.0 Å². The molecule has 0 radical (unpaired) electrons. The molecule has 156 valence electrons. The van der Waals surface area contributed by atoms with Crippen molar-refractivity contribution >= 4 is 23.6 Å². The van der Waals surface area contributed by atoms with Crippen LogP contribution in [0.15, 0.2) is 42.5 Å². The number of para-hydroxylation sites is 2. The third-order valence-corrected chi connectivity index (χ3v) is 4.30. The van der Waals surface area contributed by atoms with Crippen molar-refractivity contribution in [1.82, 2.24) is 5.32 Å². The number of anilines is 1. The summed E-state index contributed by atoms with van der Waals surface area (Å²) in [4.78, 5) is 36.2. The minimum Gasteiger partial charge on any atom is -0.482 e. The summed E-state index contributed by atoms with van der Waals surface area (Å²) < 4.78 is 26.6. The molecule has 0 fully saturated rings. The van der Waals surface area contributed by atoms with Crippen LogP contribution in [0.1, 0.15) is 6.92 Å². The standard InChI is InChI=1S/C20H18N2O8/c1-11-18(30-15-5-3-2-4-14(15)29-11)19(24)26-9-17(23)22-20(25)21-12-6-7-13-16(8-12)28-10-27-13/h2-8,11,18H,9-10H2,1H3,(H2,21,22,23,25). The van der Waals surface area contributed by atoms with E-state index < -0.39 is 36.7 Å². The van der Waals surface area contributed by atoms with E-state index in [2.05, 4.69) is 10.6 Å². The molecule has 0 aliphatic carbocycles. The lowest BCUT2D eigenvalue weighted by Crippen LogP contribution is -2.45. The van der Waals surface area contributed by atoms with Gasteiger partial charge in [0.2, 0.25) is 12.9 Å². The van der Waals surface area contributed by atoms with Crippen LogP contribution in [0.25, 0.3) is 0 Å². The van der Waals surface area contributed by atoms with Crippen molar-refractivity contribution < 1.29 is 38.1 Å². The van der Waals surface area contributed by atoms with Crippen LogP contribution in [0.3, 0.4) is 0 Å². The van der Waals surface area contributed by atoms with E-state index in [0.29, 0.717) is 28.7 Å². The lowest BCUT2D eigenvalue weighted by atomic mass is 10.2. The molecule has 2 atom stereocenters. The van der Waals surface area contributed by atoms with E-state index in [1.807, 2.05) is 0 Å². The number of nitrogens with one attached hydrogen (secondary N) is 2. The van der Waals surface area contributed by atoms with E-state index in [1.54, 1.807) is 49.4 Å². The Kier molecular flexibility index (Phi) is 5.29. The third kappa shape index (κ3) is 4.22. The highest BCUT2D eigenvalue weighted by Gasteiger charge is 2.35. The number of ether oxygens (including phenoxy) is 5. The Morgan fingerprint density at radius 2 is 1.73 bits per heavy atom. The SMILES string of the molecule is CC1Oc2ccccc2OC1C(=O)OCC(=O)NC(=O)Nc1ccc2c(c1)OCO2. The van der Waals surface area contributed by atoms with E-state index in [-0.39, 0.29) is 6.79 Å². The highest BCUT2D eigenvalue weighted by Crippen LogP contribution is 2.34. The molecule has 0 saturated carbocycles. The van der Waals surface area contributed by atoms with Crippen molar-refractivity contribution in [2.75, 3.05) is 18.7 Å². The van der Waals surface area contributed by atoms with E-state index in [9.17, 15) is 14.4 Å². The van der Waals surface area contributed by atoms with Gasteiger partial charge in [0.25, 0.3) is 5.91 Å². The van der Waals surface area contributed by atoms with Crippen LogP contribution in [-0.2, 0) is 14.3 Å². The third-order valence-electron chi connectivity index (χ3n) is 4.30. The maximum Gasteiger partial charge on any atom is 0.351 e. The Balaban J connectivity index is 1.25. The van der Waals surface area contributed by atoms with E-state index >= 15 is 0 Å². The molecule has 2 N–H and O–H groups in total. The van der Waals surface area contributed by atoms with Gasteiger partial charge in [-0.1, -0.05) is 12.1 Å². The number of amides is 3. The number of hydrogen-bond acceptors (Lipinski definition) is 8. The maximum absolute atomic E-state index is 12.3. The Labute approximate surface area is 171 Å². The Morgan fingerprint density at radius 1 is 1.00 bits per heavy atom. The van der Waals surface area contributed by atoms with E-state index in [4.69, 9.17) is 23.7 Å². The van der Waals surface area contributed by atoms with Crippen molar-refractivity contribution in [3.8, 4) is 23.0 Å². The van der Waals surface area contributed by atoms with Crippen LogP contribution >= 0.6 is 0 Å². The highest BCUT2D eigenvalue weighted by molar-refractivity contribution is 6.02. The van der Waals surface area contributed by atoms with Gasteiger partial charge in [0.15, 0.2) is 29.6 Å². The van der Waals surface area contributed by atoms with Gasteiger partial charge < -0.3 is 29.0 Å². The molecule has 10 heteroatoms. The molecule has 2 aromatic rings. The van der Waals surface area contributed by atoms with Crippen molar-refractivity contribution in [2.24, 2.45) is 0 Å². The molecule has 0 aromatic heterocycles. The first kappa shape index (κ1) is 19.4. The second-order valence-corrected chi connectivity index (χ2v) is 6.49. The zero-order valence-corrected chi connectivity index (χ0v) is 15.9. The Bertz CT molecular complexity index is 993. The van der Waals surface area contributed by atoms with E-state index in [0.717, 1.165) is 0 Å². The van der Waals surface area contributed by atoms with Gasteiger partial charge in [-0.15, -0.1) is 0 Å². The number of imide groups is 1. The predicted molar refractivity (Wildman–Crippen MR) is 102 cm³/mol. The summed E-state index contributed by atoms with van der Waals surface area (Å²) in [5.74, 6) is 0.403. The molecule has 3 amide bonds. The zero-order chi connectivity index (χ0) is 21.1. The monoisotopic (exact) mass is 414 g/mol. The molecular weight excluding hydrogens is 396 g/mol. The summed E-state index contributed by atoms with van der Waals surface area (Å²) in [7, 11) is 0. The molecule has 0 spiro atoms. The summed E-state index contributed by atoms with van der Waals surface area (Å²) in [6, 6.07) is 10.9. The number of carbonyl (C=O) groups is 3. The van der Waals surface area contributed by atoms with E-state index in [1.165, 1.54) is 0 Å². The van der Waals surface area contributed by atoms with Crippen LogP contribution in [0, 0.1) is 0 Å². The van der Waals surface area contributed by atoms with Gasteiger partial charge in [-0.3, -0.25) is 10.1 Å². The number of hydrogen-bond donors (Lipinski definition) is 2. The molecule has 2 unspecified atom stereocenters. The average Bonchev–Trinajstić information content (AvgIpc) is 3.19. The van der Waals surface area contributed by atoms with Crippen LogP contribution in [0.4, 0.5) is 10.5 Å². The molecule has 0 saturated heterocycles. The predicted octanol–water partition coefficient (Wildman–Crippen LogP) is 1.84. The summed E-state index contributed by atoms with van der Waals surface area (Å²) >= 11 is 0. The number of carbonyl (C=O) groups excluding carboxylic acids is 3. The smallest absolute Gasteiger partial charge is 0.351 e. The fourth-order valence-corrected chi connectivity index (χ4v) is 2.90. The number of fused-ring (bicyclic) bond motifs is 2. The second-order valence-electron chi connectivity index (χ2n) is 6.49. The first-order valence-corrected chi connectivity index (χ1v) is 9.09. The van der Waals surface area contributed by atoms with Gasteiger partial charge in [0, 0.05) is 11.8 Å². The molecular formula is C20H18N2O8. The van der Waals surface area contributed by atoms with Crippen molar-refractivity contribution in [3.63, 3.8) is 0 Å². The van der Waals surface area contributed by atoms with Gasteiger partial charge in [-0.2, -0.15) is 0 Å². The number of rotatable bonds is 4. The zero-order valence-electron chi connectivity index (χ0n) is 15.9. The fourth-order valence-electron chi connectivity index (χ4n) is 2.90. The number of esters is 1. The summed E-state index contributed by atoms with van der Waals surface area (Å²) in [6.45, 7) is 1.11. The number of urea groups is 1. The molecule has 0 bridgehead atoms. The maximum atomic E-state index is 12.3. The van der Waals surface area contributed by atoms with Gasteiger partial charge in [0.1, 0.15) is 6.10 Å². The van der Waals surface area contributed by atoms with Crippen molar-refractivity contribution in [1.29, 1.82) is 0 Å². The second kappa shape index (κ2) is 8.19. The first-order valence-electron chi connectivity index (χ1n) is 9.09. The molecule has 2 aliphatic rings. The summed E-state index contributed by atoms with van der Waals surface area (Å²) in [5.41, 5.74) is 0.404. The molecule has 10 nitrogen and oxygen atoms in total. The molecule has 2 aliphatic heterocycles. The van der Waals surface area contributed by atoms with Crippen molar-refractivity contribution in [3.05, 3.63) is 42.5 Å². The lowest BCUT2D eigenvalue weighted by molar-refractivity contribution is -0.160. The normalized spacial score (nSPS) is 18.3.